The number of hydrogen-bond acceptors (Lipinski definition) is 5. The number of tetrazole rings is 1. The van der Waals surface area contributed by atoms with Gasteiger partial charge in [-0.1, -0.05) is 12.1 Å². The zero-order chi connectivity index (χ0) is 13.1. The van der Waals surface area contributed by atoms with E-state index in [1.54, 1.807) is 17.1 Å². The van der Waals surface area contributed by atoms with Gasteiger partial charge in [0, 0.05) is 23.6 Å². The van der Waals surface area contributed by atoms with Crippen LogP contribution in [0.3, 0.4) is 0 Å². The van der Waals surface area contributed by atoms with Crippen molar-refractivity contribution in [3.05, 3.63) is 54.4 Å². The topological polar surface area (TPSA) is 82.5 Å². The molecule has 0 atom stereocenters. The normalized spacial score (nSPS) is 10.5. The molecular weight excluding hydrogens is 240 g/mol. The Morgan fingerprint density at radius 3 is 2.74 bits per heavy atom. The second kappa shape index (κ2) is 4.85. The first-order valence-corrected chi connectivity index (χ1v) is 5.84. The van der Waals surface area contributed by atoms with Gasteiger partial charge < -0.3 is 5.73 Å². The van der Waals surface area contributed by atoms with Crippen molar-refractivity contribution in [3.63, 3.8) is 0 Å². The molecule has 2 aromatic heterocycles. The maximum absolute atomic E-state index is 5.78. The summed E-state index contributed by atoms with van der Waals surface area (Å²) in [6, 6.07) is 11.4. The second-order valence-electron chi connectivity index (χ2n) is 4.14. The van der Waals surface area contributed by atoms with Crippen LogP contribution >= 0.6 is 0 Å². The van der Waals surface area contributed by atoms with Gasteiger partial charge in [0.25, 0.3) is 0 Å². The molecule has 6 nitrogen and oxygen atoms in total. The van der Waals surface area contributed by atoms with Crippen LogP contribution in [0.15, 0.2) is 48.8 Å². The van der Waals surface area contributed by atoms with Gasteiger partial charge in [0.2, 0.25) is 0 Å². The van der Waals surface area contributed by atoms with E-state index in [2.05, 4.69) is 20.5 Å². The fraction of sp³-hybridized carbons (Fsp3) is 0.0769. The average molecular weight is 252 g/mol. The number of nitrogen functional groups attached to an aromatic ring is 1. The van der Waals surface area contributed by atoms with Crippen LogP contribution < -0.4 is 5.73 Å². The minimum absolute atomic E-state index is 0.597. The predicted octanol–water partition coefficient (Wildman–Crippen LogP) is 1.37. The standard InChI is InChI=1S/C13H12N6/c14-12-3-1-2-11(8-12)13-16-17-18-19(13)9-10-4-6-15-7-5-10/h1-8H,9,14H2. The molecule has 0 spiro atoms. The van der Waals surface area contributed by atoms with Crippen molar-refractivity contribution in [2.45, 2.75) is 6.54 Å². The van der Waals surface area contributed by atoms with Crippen molar-refractivity contribution >= 4 is 5.69 Å². The monoisotopic (exact) mass is 252 g/mol. The van der Waals surface area contributed by atoms with Crippen molar-refractivity contribution in [2.24, 2.45) is 0 Å². The van der Waals surface area contributed by atoms with Gasteiger partial charge in [0.1, 0.15) is 0 Å². The van der Waals surface area contributed by atoms with E-state index in [0.717, 1.165) is 11.1 Å². The highest BCUT2D eigenvalue weighted by Crippen LogP contribution is 2.18. The molecule has 0 aliphatic rings. The molecule has 2 heterocycles. The maximum atomic E-state index is 5.78. The van der Waals surface area contributed by atoms with Gasteiger partial charge in [-0.05, 0) is 40.3 Å². The molecule has 0 radical (unpaired) electrons. The summed E-state index contributed by atoms with van der Waals surface area (Å²) in [5, 5.41) is 11.8. The summed E-state index contributed by atoms with van der Waals surface area (Å²) in [5.41, 5.74) is 8.46. The Labute approximate surface area is 109 Å². The van der Waals surface area contributed by atoms with Gasteiger partial charge in [0.15, 0.2) is 5.82 Å². The molecule has 1 aromatic carbocycles. The molecule has 0 bridgehead atoms. The van der Waals surface area contributed by atoms with Gasteiger partial charge in [-0.3, -0.25) is 4.98 Å². The van der Waals surface area contributed by atoms with E-state index in [1.165, 1.54) is 0 Å². The fourth-order valence-electron chi connectivity index (χ4n) is 1.86. The van der Waals surface area contributed by atoms with E-state index in [0.29, 0.717) is 18.1 Å². The molecular formula is C13H12N6. The first kappa shape index (κ1) is 11.3. The lowest BCUT2D eigenvalue weighted by atomic mass is 10.2. The van der Waals surface area contributed by atoms with E-state index in [9.17, 15) is 0 Å². The molecule has 6 heteroatoms. The van der Waals surface area contributed by atoms with Crippen LogP contribution in [-0.2, 0) is 6.54 Å². The first-order valence-electron chi connectivity index (χ1n) is 5.84. The maximum Gasteiger partial charge on any atom is 0.182 e. The molecule has 3 aromatic rings. The lowest BCUT2D eigenvalue weighted by molar-refractivity contribution is 0.653. The summed E-state index contributed by atoms with van der Waals surface area (Å²) < 4.78 is 1.74. The van der Waals surface area contributed by atoms with Gasteiger partial charge >= 0.3 is 0 Å². The van der Waals surface area contributed by atoms with Crippen molar-refractivity contribution in [3.8, 4) is 11.4 Å². The SMILES string of the molecule is Nc1cccc(-c2nnnn2Cc2ccncc2)c1. The number of nitrogens with two attached hydrogens (primary N) is 1. The molecule has 94 valence electrons. The van der Waals surface area contributed by atoms with Crippen LogP contribution in [0.25, 0.3) is 11.4 Å². The summed E-state index contributed by atoms with van der Waals surface area (Å²) in [6.45, 7) is 0.597. The van der Waals surface area contributed by atoms with Crippen LogP contribution in [0.5, 0.6) is 0 Å². The van der Waals surface area contributed by atoms with E-state index in [1.807, 2.05) is 36.4 Å². The number of nitrogens with zero attached hydrogens (tertiary/aromatic N) is 5. The summed E-state index contributed by atoms with van der Waals surface area (Å²) in [6.07, 6.45) is 3.50. The van der Waals surface area contributed by atoms with Crippen LogP contribution in [0.4, 0.5) is 5.69 Å². The minimum atomic E-state index is 0.597. The molecule has 3 rings (SSSR count). The molecule has 0 aliphatic carbocycles. The zero-order valence-corrected chi connectivity index (χ0v) is 10.1. The van der Waals surface area contributed by atoms with Gasteiger partial charge in [-0.15, -0.1) is 5.10 Å². The van der Waals surface area contributed by atoms with E-state index in [4.69, 9.17) is 5.73 Å². The van der Waals surface area contributed by atoms with Gasteiger partial charge in [0.05, 0.1) is 6.54 Å². The molecule has 0 amide bonds. The quantitative estimate of drug-likeness (QED) is 0.712. The van der Waals surface area contributed by atoms with E-state index < -0.39 is 0 Å². The number of rotatable bonds is 3. The number of pyridine rings is 1. The molecule has 19 heavy (non-hydrogen) atoms. The molecule has 2 N–H and O–H groups in total. The Kier molecular flexibility index (Phi) is 2.89. The molecule has 0 fully saturated rings. The Balaban J connectivity index is 1.95. The van der Waals surface area contributed by atoms with Crippen LogP contribution in [0.2, 0.25) is 0 Å². The Bertz CT molecular complexity index is 676. The van der Waals surface area contributed by atoms with E-state index in [-0.39, 0.29) is 0 Å². The minimum Gasteiger partial charge on any atom is -0.399 e. The number of hydrogen-bond donors (Lipinski definition) is 1. The summed E-state index contributed by atoms with van der Waals surface area (Å²) >= 11 is 0. The lowest BCUT2D eigenvalue weighted by Crippen LogP contribution is -2.04. The molecule has 0 saturated heterocycles. The third-order valence-electron chi connectivity index (χ3n) is 2.76. The highest BCUT2D eigenvalue weighted by Gasteiger charge is 2.09. The summed E-state index contributed by atoms with van der Waals surface area (Å²) in [4.78, 5) is 3.99. The smallest absolute Gasteiger partial charge is 0.182 e. The predicted molar refractivity (Wildman–Crippen MR) is 71.0 cm³/mol. The van der Waals surface area contributed by atoms with Crippen molar-refractivity contribution in [1.82, 2.24) is 25.2 Å². The first-order chi connectivity index (χ1) is 9.33. The largest absolute Gasteiger partial charge is 0.399 e. The van der Waals surface area contributed by atoms with Crippen molar-refractivity contribution in [1.29, 1.82) is 0 Å². The third kappa shape index (κ3) is 2.42. The van der Waals surface area contributed by atoms with Gasteiger partial charge in [-0.25, -0.2) is 4.68 Å². The molecule has 0 unspecified atom stereocenters. The van der Waals surface area contributed by atoms with Crippen molar-refractivity contribution < 1.29 is 0 Å². The van der Waals surface area contributed by atoms with Crippen molar-refractivity contribution in [2.75, 3.05) is 5.73 Å². The molecule has 0 aliphatic heterocycles. The summed E-state index contributed by atoms with van der Waals surface area (Å²) in [5.74, 6) is 0.698. The highest BCUT2D eigenvalue weighted by molar-refractivity contribution is 5.60. The Morgan fingerprint density at radius 2 is 1.95 bits per heavy atom. The van der Waals surface area contributed by atoms with Crippen LogP contribution in [-0.4, -0.2) is 25.2 Å². The average Bonchev–Trinajstić information content (AvgIpc) is 2.88. The second-order valence-corrected chi connectivity index (χ2v) is 4.14. The number of aromatic nitrogens is 5. The molecule has 0 saturated carbocycles. The van der Waals surface area contributed by atoms with Gasteiger partial charge in [-0.2, -0.15) is 0 Å². The lowest BCUT2D eigenvalue weighted by Gasteiger charge is -2.05. The number of anilines is 1. The zero-order valence-electron chi connectivity index (χ0n) is 10.1. The summed E-state index contributed by atoms with van der Waals surface area (Å²) in [7, 11) is 0. The van der Waals surface area contributed by atoms with Crippen LogP contribution in [0, 0.1) is 0 Å². The number of benzene rings is 1. The van der Waals surface area contributed by atoms with E-state index >= 15 is 0 Å². The highest BCUT2D eigenvalue weighted by atomic mass is 15.5. The fourth-order valence-corrected chi connectivity index (χ4v) is 1.86. The third-order valence-corrected chi connectivity index (χ3v) is 2.76. The Morgan fingerprint density at radius 1 is 1.11 bits per heavy atom. The van der Waals surface area contributed by atoms with Crippen LogP contribution in [0.1, 0.15) is 5.56 Å². The Hall–Kier alpha value is -2.76.